The van der Waals surface area contributed by atoms with Crippen LogP contribution in [-0.4, -0.2) is 30.4 Å². The highest BCUT2D eigenvalue weighted by Gasteiger charge is 2.17. The van der Waals surface area contributed by atoms with E-state index < -0.39 is 4.92 Å². The normalized spacial score (nSPS) is 11.1. The largest absolute Gasteiger partial charge is 0.390 e. The monoisotopic (exact) mass is 472 g/mol. The molecule has 170 valence electrons. The number of rotatable bonds is 7. The van der Waals surface area contributed by atoms with Crippen molar-refractivity contribution in [1.82, 2.24) is 19.6 Å². The molecule has 10 heteroatoms. The molecule has 0 fully saturated rings. The summed E-state index contributed by atoms with van der Waals surface area (Å²) in [5.74, 6) is -0.421. The van der Waals surface area contributed by atoms with Crippen LogP contribution in [0.3, 0.4) is 0 Å². The van der Waals surface area contributed by atoms with E-state index in [1.165, 1.54) is 28.2 Å². The van der Waals surface area contributed by atoms with Gasteiger partial charge in [0.15, 0.2) is 0 Å². The Labute approximate surface area is 198 Å². The standard InChI is InChI=1S/C24H20N6O3S/c1-16-9-23(30(32)33)27-29(16)12-17-10-22(34-15-17)24(31)26-20-11-25-28(14-20)13-19-7-4-6-18-5-2-3-8-21(18)19/h2-11,14-15H,12-13H2,1H3,(H,26,31). The minimum absolute atomic E-state index is 0.189. The van der Waals surface area contributed by atoms with Crippen molar-refractivity contribution in [3.8, 4) is 0 Å². The molecule has 0 aliphatic carbocycles. The van der Waals surface area contributed by atoms with Gasteiger partial charge in [-0.15, -0.1) is 11.3 Å². The number of aryl methyl sites for hydroxylation is 1. The number of hydrogen-bond acceptors (Lipinski definition) is 6. The van der Waals surface area contributed by atoms with Crippen LogP contribution in [0, 0.1) is 17.0 Å². The van der Waals surface area contributed by atoms with E-state index in [2.05, 4.69) is 39.8 Å². The molecule has 0 atom stereocenters. The molecule has 34 heavy (non-hydrogen) atoms. The third-order valence-corrected chi connectivity index (χ3v) is 6.45. The first-order valence-corrected chi connectivity index (χ1v) is 11.4. The number of carbonyl (C=O) groups excluding carboxylic acids is 1. The topological polar surface area (TPSA) is 108 Å². The van der Waals surface area contributed by atoms with E-state index in [1.54, 1.807) is 34.7 Å². The molecular formula is C24H20N6O3S. The molecule has 0 saturated heterocycles. The molecule has 5 rings (SSSR count). The summed E-state index contributed by atoms with van der Waals surface area (Å²) in [5, 5.41) is 26.4. The molecule has 0 saturated carbocycles. The van der Waals surface area contributed by atoms with Gasteiger partial charge in [0.25, 0.3) is 5.91 Å². The number of nitrogens with one attached hydrogen (secondary N) is 1. The summed E-state index contributed by atoms with van der Waals surface area (Å²) >= 11 is 1.31. The number of nitro groups is 1. The van der Waals surface area contributed by atoms with Crippen molar-refractivity contribution in [2.45, 2.75) is 20.0 Å². The van der Waals surface area contributed by atoms with Gasteiger partial charge >= 0.3 is 5.82 Å². The van der Waals surface area contributed by atoms with Crippen molar-refractivity contribution in [3.05, 3.63) is 104 Å². The van der Waals surface area contributed by atoms with Gasteiger partial charge in [-0.3, -0.25) is 9.48 Å². The van der Waals surface area contributed by atoms with E-state index in [0.29, 0.717) is 29.3 Å². The zero-order valence-electron chi connectivity index (χ0n) is 18.2. The van der Waals surface area contributed by atoms with Crippen molar-refractivity contribution < 1.29 is 9.72 Å². The third kappa shape index (κ3) is 4.44. The maximum atomic E-state index is 12.7. The Hall–Kier alpha value is -4.31. The Kier molecular flexibility index (Phi) is 5.64. The molecule has 0 radical (unpaired) electrons. The first-order chi connectivity index (χ1) is 16.5. The highest BCUT2D eigenvalue weighted by Crippen LogP contribution is 2.21. The Morgan fingerprint density at radius 2 is 1.97 bits per heavy atom. The van der Waals surface area contributed by atoms with Gasteiger partial charge < -0.3 is 15.4 Å². The van der Waals surface area contributed by atoms with Crippen LogP contribution in [0.2, 0.25) is 0 Å². The van der Waals surface area contributed by atoms with Crippen molar-refractivity contribution in [1.29, 1.82) is 0 Å². The van der Waals surface area contributed by atoms with E-state index in [4.69, 9.17) is 0 Å². The van der Waals surface area contributed by atoms with Gasteiger partial charge in [0.1, 0.15) is 0 Å². The minimum Gasteiger partial charge on any atom is -0.358 e. The highest BCUT2D eigenvalue weighted by molar-refractivity contribution is 7.12. The number of anilines is 1. The van der Waals surface area contributed by atoms with Crippen LogP contribution >= 0.6 is 11.3 Å². The van der Waals surface area contributed by atoms with Crippen molar-refractivity contribution in [2.24, 2.45) is 0 Å². The lowest BCUT2D eigenvalue weighted by atomic mass is 10.0. The van der Waals surface area contributed by atoms with E-state index >= 15 is 0 Å². The van der Waals surface area contributed by atoms with Gasteiger partial charge in [-0.2, -0.15) is 9.78 Å². The number of benzene rings is 2. The van der Waals surface area contributed by atoms with E-state index in [0.717, 1.165) is 11.1 Å². The molecule has 3 heterocycles. The molecule has 1 amide bonds. The number of hydrogen-bond donors (Lipinski definition) is 1. The molecule has 0 aliphatic rings. The van der Waals surface area contributed by atoms with Gasteiger partial charge in [-0.1, -0.05) is 42.5 Å². The summed E-state index contributed by atoms with van der Waals surface area (Å²) in [7, 11) is 0. The summed E-state index contributed by atoms with van der Waals surface area (Å²) in [6, 6.07) is 17.6. The van der Waals surface area contributed by atoms with Gasteiger partial charge in [0, 0.05) is 6.20 Å². The maximum Gasteiger partial charge on any atom is 0.390 e. The summed E-state index contributed by atoms with van der Waals surface area (Å²) in [4.78, 5) is 23.7. The summed E-state index contributed by atoms with van der Waals surface area (Å²) in [6.45, 7) is 2.71. The highest BCUT2D eigenvalue weighted by atomic mass is 32.1. The Balaban J connectivity index is 1.25. The molecule has 5 aromatic rings. The van der Waals surface area contributed by atoms with Crippen LogP contribution in [-0.2, 0) is 13.1 Å². The fraction of sp³-hybridized carbons (Fsp3) is 0.125. The smallest absolute Gasteiger partial charge is 0.358 e. The quantitative estimate of drug-likeness (QED) is 0.269. The van der Waals surface area contributed by atoms with Gasteiger partial charge in [0.05, 0.1) is 46.7 Å². The third-order valence-electron chi connectivity index (χ3n) is 5.47. The second kappa shape index (κ2) is 8.91. The molecule has 2 aromatic carbocycles. The predicted molar refractivity (Wildman–Crippen MR) is 130 cm³/mol. The predicted octanol–water partition coefficient (Wildman–Crippen LogP) is 4.86. The number of fused-ring (bicyclic) bond motifs is 1. The van der Waals surface area contributed by atoms with Gasteiger partial charge in [-0.25, -0.2) is 0 Å². The zero-order valence-corrected chi connectivity index (χ0v) is 19.0. The van der Waals surface area contributed by atoms with Crippen LogP contribution in [0.1, 0.15) is 26.5 Å². The van der Waals surface area contributed by atoms with Crippen LogP contribution in [0.4, 0.5) is 11.5 Å². The maximum absolute atomic E-state index is 12.7. The van der Waals surface area contributed by atoms with Gasteiger partial charge in [0.2, 0.25) is 0 Å². The number of thiophene rings is 1. The minimum atomic E-state index is -0.517. The van der Waals surface area contributed by atoms with Crippen LogP contribution < -0.4 is 5.32 Å². The Morgan fingerprint density at radius 1 is 1.15 bits per heavy atom. The molecule has 0 bridgehead atoms. The molecule has 9 nitrogen and oxygen atoms in total. The Morgan fingerprint density at radius 3 is 2.79 bits per heavy atom. The van der Waals surface area contributed by atoms with E-state index in [9.17, 15) is 14.9 Å². The van der Waals surface area contributed by atoms with Crippen molar-refractivity contribution >= 4 is 39.5 Å². The molecule has 0 spiro atoms. The van der Waals surface area contributed by atoms with Crippen LogP contribution in [0.25, 0.3) is 10.8 Å². The van der Waals surface area contributed by atoms with E-state index in [-0.39, 0.29) is 11.7 Å². The fourth-order valence-electron chi connectivity index (χ4n) is 3.80. The second-order valence-corrected chi connectivity index (χ2v) is 8.81. The lowest BCUT2D eigenvalue weighted by molar-refractivity contribution is -0.389. The fourth-order valence-corrected chi connectivity index (χ4v) is 4.60. The van der Waals surface area contributed by atoms with E-state index in [1.807, 2.05) is 23.6 Å². The Bertz CT molecular complexity index is 1510. The molecule has 1 N–H and O–H groups in total. The molecular weight excluding hydrogens is 452 g/mol. The summed E-state index contributed by atoms with van der Waals surface area (Å²) in [6.07, 6.45) is 3.43. The molecule has 0 unspecified atom stereocenters. The summed E-state index contributed by atoms with van der Waals surface area (Å²) in [5.41, 5.74) is 3.29. The van der Waals surface area contributed by atoms with Crippen molar-refractivity contribution in [2.75, 3.05) is 5.32 Å². The average molecular weight is 473 g/mol. The number of amides is 1. The first-order valence-electron chi connectivity index (χ1n) is 10.5. The van der Waals surface area contributed by atoms with Crippen LogP contribution in [0.5, 0.6) is 0 Å². The lowest BCUT2D eigenvalue weighted by Gasteiger charge is -2.06. The summed E-state index contributed by atoms with van der Waals surface area (Å²) < 4.78 is 3.35. The number of carbonyl (C=O) groups is 1. The average Bonchev–Trinajstić information content (AvgIpc) is 3.56. The number of aromatic nitrogens is 4. The molecule has 3 aromatic heterocycles. The van der Waals surface area contributed by atoms with Crippen LogP contribution in [0.15, 0.2) is 72.4 Å². The first kappa shape index (κ1) is 21.5. The molecule has 0 aliphatic heterocycles. The SMILES string of the molecule is Cc1cc([N+](=O)[O-])nn1Cc1csc(C(=O)Nc2cnn(Cc3cccc4ccccc34)c2)c1. The van der Waals surface area contributed by atoms with Gasteiger partial charge in [-0.05, 0) is 45.2 Å². The number of nitrogens with zero attached hydrogens (tertiary/aromatic N) is 5. The zero-order chi connectivity index (χ0) is 23.7. The van der Waals surface area contributed by atoms with Crippen molar-refractivity contribution in [3.63, 3.8) is 0 Å². The lowest BCUT2D eigenvalue weighted by Crippen LogP contribution is -2.10. The second-order valence-electron chi connectivity index (χ2n) is 7.90.